The molecule has 5 aliphatic carbocycles. The highest BCUT2D eigenvalue weighted by atomic mass is 16.4. The average Bonchev–Trinajstić information content (AvgIpc) is 2.78. The molecule has 4 fully saturated rings. The fourth-order valence-electron chi connectivity index (χ4n) is 10.7. The van der Waals surface area contributed by atoms with E-state index < -0.39 is 11.4 Å². The van der Waals surface area contributed by atoms with Crippen LogP contribution in [-0.4, -0.2) is 34.5 Å². The number of aliphatic carboxylic acids is 1. The molecule has 0 radical (unpaired) electrons. The van der Waals surface area contributed by atoms with Crippen LogP contribution >= 0.6 is 0 Å². The number of hydrogen-bond donors (Lipinski definition) is 3. The smallest absolute Gasteiger partial charge is 0.310 e. The van der Waals surface area contributed by atoms with Crippen molar-refractivity contribution in [2.75, 3.05) is 7.11 Å². The Balaban J connectivity index is 0.00000133. The maximum absolute atomic E-state index is 12.7. The first-order valence-electron chi connectivity index (χ1n) is 13.9. The molecule has 4 nitrogen and oxygen atoms in total. The molecule has 4 heteroatoms. The van der Waals surface area contributed by atoms with Crippen molar-refractivity contribution in [3.63, 3.8) is 0 Å². The van der Waals surface area contributed by atoms with Gasteiger partial charge >= 0.3 is 5.97 Å². The van der Waals surface area contributed by atoms with E-state index in [1.807, 2.05) is 0 Å². The Morgan fingerprint density at radius 3 is 2.24 bits per heavy atom. The molecule has 5 aliphatic rings. The molecule has 0 bridgehead atoms. The molecule has 4 saturated carbocycles. The Labute approximate surface area is 207 Å². The predicted molar refractivity (Wildman–Crippen MR) is 136 cm³/mol. The Morgan fingerprint density at radius 1 is 0.912 bits per heavy atom. The number of hydrogen-bond acceptors (Lipinski definition) is 3. The van der Waals surface area contributed by atoms with Gasteiger partial charge in [-0.2, -0.15) is 0 Å². The van der Waals surface area contributed by atoms with Gasteiger partial charge in [0.05, 0.1) is 11.5 Å². The lowest BCUT2D eigenvalue weighted by atomic mass is 9.33. The minimum atomic E-state index is -0.539. The summed E-state index contributed by atoms with van der Waals surface area (Å²) in [6, 6.07) is 0. The highest BCUT2D eigenvalue weighted by molar-refractivity contribution is 5.76. The molecule has 0 spiro atoms. The molecule has 194 valence electrons. The minimum absolute atomic E-state index is 0.0257. The van der Waals surface area contributed by atoms with Crippen molar-refractivity contribution in [1.82, 2.24) is 0 Å². The molecular weight excluding hydrogens is 424 g/mol. The molecule has 0 aliphatic heterocycles. The van der Waals surface area contributed by atoms with E-state index in [1.54, 1.807) is 0 Å². The summed E-state index contributed by atoms with van der Waals surface area (Å²) in [4.78, 5) is 12.7. The zero-order valence-corrected chi connectivity index (χ0v) is 22.8. The van der Waals surface area contributed by atoms with Crippen LogP contribution in [0.3, 0.4) is 0 Å². The van der Waals surface area contributed by atoms with Crippen molar-refractivity contribution in [3.8, 4) is 0 Å². The number of aliphatic hydroxyl groups excluding tert-OH is 2. The van der Waals surface area contributed by atoms with E-state index in [2.05, 4.69) is 47.6 Å². The van der Waals surface area contributed by atoms with Gasteiger partial charge in [-0.25, -0.2) is 0 Å². The van der Waals surface area contributed by atoms with Gasteiger partial charge in [0.15, 0.2) is 0 Å². The Kier molecular flexibility index (Phi) is 6.42. The van der Waals surface area contributed by atoms with E-state index in [1.165, 1.54) is 24.8 Å². The standard InChI is InChI=1S/C29H46O3.CH4O/c1-18-8-7-13-29(24(31)32)17-16-27(5)19(23(18)29)9-10-21-26(4)14-12-22(30)25(2,3)20(26)11-15-28(21,27)6;1-2/h9,18,20-23,30H,7-8,10-17H2,1-6H3,(H,31,32);2H,1H3/t18-,20?,21?,22?,23-,26-,27?,28+,29-;/m0./s1. The van der Waals surface area contributed by atoms with Crippen molar-refractivity contribution in [2.45, 2.75) is 112 Å². The van der Waals surface area contributed by atoms with Crippen LogP contribution in [-0.2, 0) is 4.79 Å². The molecule has 0 aromatic heterocycles. The first-order valence-corrected chi connectivity index (χ1v) is 13.9. The van der Waals surface area contributed by atoms with Crippen LogP contribution in [0.5, 0.6) is 0 Å². The second-order valence-corrected chi connectivity index (χ2v) is 14.0. The second-order valence-electron chi connectivity index (χ2n) is 14.0. The third kappa shape index (κ3) is 3.12. The molecule has 5 rings (SSSR count). The van der Waals surface area contributed by atoms with Crippen molar-refractivity contribution < 1.29 is 20.1 Å². The summed E-state index contributed by atoms with van der Waals surface area (Å²) in [6.45, 7) is 14.6. The maximum atomic E-state index is 12.7. The van der Waals surface area contributed by atoms with E-state index in [4.69, 9.17) is 5.11 Å². The first kappa shape index (κ1) is 26.2. The SMILES string of the molecule is CO.C[C@H]1CCC[C@]2(C(=O)O)CCC3(C)C(=CCC4[C@@]5(C)CCC(O)C(C)(C)C5CC[C@]43C)[C@H]12. The number of carboxylic acids is 1. The number of carbonyl (C=O) groups is 1. The Morgan fingerprint density at radius 2 is 1.59 bits per heavy atom. The van der Waals surface area contributed by atoms with Crippen LogP contribution in [0.25, 0.3) is 0 Å². The van der Waals surface area contributed by atoms with Gasteiger partial charge in [-0.3, -0.25) is 4.79 Å². The minimum Gasteiger partial charge on any atom is -0.481 e. The molecule has 0 saturated heterocycles. The van der Waals surface area contributed by atoms with Gasteiger partial charge in [0.1, 0.15) is 0 Å². The summed E-state index contributed by atoms with van der Waals surface area (Å²) in [5.74, 6) is 1.31. The molecule has 0 heterocycles. The summed E-state index contributed by atoms with van der Waals surface area (Å²) in [5, 5.41) is 28.3. The van der Waals surface area contributed by atoms with E-state index >= 15 is 0 Å². The lowest BCUT2D eigenvalue weighted by Crippen LogP contribution is -2.65. The number of rotatable bonds is 1. The van der Waals surface area contributed by atoms with E-state index in [0.29, 0.717) is 17.8 Å². The third-order valence-electron chi connectivity index (χ3n) is 12.8. The highest BCUT2D eigenvalue weighted by Crippen LogP contribution is 2.75. The monoisotopic (exact) mass is 474 g/mol. The fraction of sp³-hybridized carbons (Fsp3) is 0.900. The van der Waals surface area contributed by atoms with E-state index in [9.17, 15) is 15.0 Å². The molecule has 3 N–H and O–H groups in total. The van der Waals surface area contributed by atoms with Gasteiger partial charge in [-0.1, -0.05) is 66.0 Å². The van der Waals surface area contributed by atoms with Crippen molar-refractivity contribution in [1.29, 1.82) is 0 Å². The highest BCUT2D eigenvalue weighted by Gasteiger charge is 2.69. The number of fused-ring (bicyclic) bond motifs is 7. The van der Waals surface area contributed by atoms with Gasteiger partial charge in [-0.15, -0.1) is 0 Å². The molecule has 34 heavy (non-hydrogen) atoms. The Bertz CT molecular complexity index is 847. The van der Waals surface area contributed by atoms with Gasteiger partial charge < -0.3 is 15.3 Å². The van der Waals surface area contributed by atoms with Crippen molar-refractivity contribution in [2.24, 2.45) is 50.7 Å². The zero-order valence-electron chi connectivity index (χ0n) is 22.8. The molecular formula is C30H50O4. The number of aliphatic hydroxyl groups is 2. The van der Waals surface area contributed by atoms with Crippen molar-refractivity contribution >= 4 is 5.97 Å². The number of carboxylic acid groups (broad SMARTS) is 1. The summed E-state index contributed by atoms with van der Waals surface area (Å²) in [6.07, 6.45) is 12.9. The maximum Gasteiger partial charge on any atom is 0.310 e. The summed E-state index contributed by atoms with van der Waals surface area (Å²) in [5.41, 5.74) is 1.52. The van der Waals surface area contributed by atoms with E-state index in [-0.39, 0.29) is 33.7 Å². The summed E-state index contributed by atoms with van der Waals surface area (Å²) < 4.78 is 0. The van der Waals surface area contributed by atoms with Crippen LogP contribution in [0.1, 0.15) is 106 Å². The average molecular weight is 475 g/mol. The van der Waals surface area contributed by atoms with Crippen molar-refractivity contribution in [3.05, 3.63) is 11.6 Å². The quantitative estimate of drug-likeness (QED) is 0.382. The van der Waals surface area contributed by atoms with Crippen LogP contribution in [0.2, 0.25) is 0 Å². The lowest BCUT2D eigenvalue weighted by Gasteiger charge is -2.71. The van der Waals surface area contributed by atoms with E-state index in [0.717, 1.165) is 52.1 Å². The molecule has 4 unspecified atom stereocenters. The van der Waals surface area contributed by atoms with Gasteiger partial charge in [-0.05, 0) is 96.7 Å². The number of allylic oxidation sites excluding steroid dienone is 2. The van der Waals surface area contributed by atoms with Gasteiger partial charge in [0.2, 0.25) is 0 Å². The van der Waals surface area contributed by atoms with Gasteiger partial charge in [0.25, 0.3) is 0 Å². The first-order chi connectivity index (χ1) is 15.8. The summed E-state index contributed by atoms with van der Waals surface area (Å²) >= 11 is 0. The van der Waals surface area contributed by atoms with Crippen LogP contribution in [0.15, 0.2) is 11.6 Å². The lowest BCUT2D eigenvalue weighted by molar-refractivity contribution is -0.205. The second kappa shape index (κ2) is 8.33. The topological polar surface area (TPSA) is 77.8 Å². The summed E-state index contributed by atoms with van der Waals surface area (Å²) in [7, 11) is 1.00. The van der Waals surface area contributed by atoms with Crippen LogP contribution in [0.4, 0.5) is 0 Å². The largest absolute Gasteiger partial charge is 0.481 e. The predicted octanol–water partition coefficient (Wildman–Crippen LogP) is 6.45. The molecule has 0 aromatic rings. The van der Waals surface area contributed by atoms with Gasteiger partial charge in [0, 0.05) is 7.11 Å². The molecule has 9 atom stereocenters. The Hall–Kier alpha value is -0.870. The molecule has 0 amide bonds. The fourth-order valence-corrected chi connectivity index (χ4v) is 10.7. The van der Waals surface area contributed by atoms with Crippen LogP contribution < -0.4 is 0 Å². The zero-order chi connectivity index (χ0) is 25.3. The molecule has 0 aromatic carbocycles. The normalized spacial score (nSPS) is 51.3. The third-order valence-corrected chi connectivity index (χ3v) is 12.8. The van der Waals surface area contributed by atoms with Crippen LogP contribution in [0, 0.1) is 50.7 Å².